The minimum absolute atomic E-state index is 0.00991. The van der Waals surface area contributed by atoms with Crippen LogP contribution in [-0.4, -0.2) is 126 Å². The predicted molar refractivity (Wildman–Crippen MR) is 370 cm³/mol. The number of nitrogens with one attached hydrogen (secondary N) is 1. The number of aromatic nitrogens is 12. The molecule has 2 aromatic carbocycles. The van der Waals surface area contributed by atoms with Crippen molar-refractivity contribution < 1.29 is 110 Å². The molecular weight excluding hydrogens is 1520 g/mol. The lowest BCUT2D eigenvalue weighted by atomic mass is 9.78. The summed E-state index contributed by atoms with van der Waals surface area (Å²) < 4.78 is 191. The van der Waals surface area contributed by atoms with Crippen LogP contribution in [0.4, 0.5) is 71.9 Å². The lowest BCUT2D eigenvalue weighted by molar-refractivity contribution is -0.142. The van der Waals surface area contributed by atoms with Gasteiger partial charge in [-0.05, 0) is 185 Å². The summed E-state index contributed by atoms with van der Waals surface area (Å²) in [5.41, 5.74) is -3.28. The second-order valence-corrected chi connectivity index (χ2v) is 26.5. The second-order valence-electron chi connectivity index (χ2n) is 26.2. The van der Waals surface area contributed by atoms with Crippen LogP contribution in [0.15, 0.2) is 85.7 Å². The van der Waals surface area contributed by atoms with Gasteiger partial charge in [0.05, 0.1) is 25.1 Å². The van der Waals surface area contributed by atoms with Gasteiger partial charge in [0.1, 0.15) is 69.3 Å². The molecule has 0 aliphatic heterocycles. The molecule has 38 heteroatoms. The molecule has 111 heavy (non-hydrogen) atoms. The number of hydrogen-bond donors (Lipinski definition) is 3. The Morgan fingerprint density at radius 3 is 1.31 bits per heavy atom. The third kappa shape index (κ3) is 25.5. The SMILES string of the molecule is CCOC(=O)c1cnc(C)nc1C(F)(F)F.CCOC(=O)c1cnc(Cl)nc1C(F)(F)F.Cc1ncc(C(=O)O)c(C(F)(F)F)n1.Cc1ncc(CC(C)[C@@]2(c3cccc(F)c3)C[C@H]2C=O)c(C)n1.Cc1ncc(CC(C)[C@@]2(c3cccc(F)c3)C[C@H]2CO)c(C)n1.Cc1ncc(NC(=O)OC(C)(C)C)c(C(F)(F)F)n1. The molecule has 2 aliphatic carbocycles. The first-order valence-corrected chi connectivity index (χ1v) is 33.9. The van der Waals surface area contributed by atoms with E-state index in [2.05, 4.69) is 83.1 Å². The van der Waals surface area contributed by atoms with Gasteiger partial charge < -0.3 is 29.2 Å². The lowest BCUT2D eigenvalue weighted by Gasteiger charge is -2.26. The number of halogens is 15. The molecule has 2 unspecified atom stereocenters. The van der Waals surface area contributed by atoms with E-state index in [1.54, 1.807) is 45.0 Å². The van der Waals surface area contributed by atoms with Gasteiger partial charge in [-0.3, -0.25) is 5.32 Å². The highest BCUT2D eigenvalue weighted by Crippen LogP contribution is 2.60. The Bertz CT molecular complexity index is 4510. The van der Waals surface area contributed by atoms with Crippen molar-refractivity contribution in [2.75, 3.05) is 25.1 Å². The Labute approximate surface area is 632 Å². The van der Waals surface area contributed by atoms with E-state index in [0.29, 0.717) is 12.4 Å². The summed E-state index contributed by atoms with van der Waals surface area (Å²) in [6.45, 7) is 23.8. The van der Waals surface area contributed by atoms with E-state index in [-0.39, 0.29) is 83.4 Å². The van der Waals surface area contributed by atoms with Crippen molar-refractivity contribution in [2.45, 2.75) is 164 Å². The largest absolute Gasteiger partial charge is 0.478 e. The van der Waals surface area contributed by atoms with Crippen LogP contribution in [-0.2, 0) is 67.4 Å². The van der Waals surface area contributed by atoms with Gasteiger partial charge in [-0.25, -0.2) is 87.8 Å². The first-order valence-electron chi connectivity index (χ1n) is 33.5. The molecule has 6 aromatic heterocycles. The van der Waals surface area contributed by atoms with Gasteiger partial charge in [0.2, 0.25) is 5.28 Å². The fraction of sp³-hybridized carbons (Fsp3) is 0.438. The van der Waals surface area contributed by atoms with E-state index in [1.807, 2.05) is 57.5 Å². The molecule has 0 radical (unpaired) electrons. The molecule has 2 fully saturated rings. The third-order valence-electron chi connectivity index (χ3n) is 17.0. The summed E-state index contributed by atoms with van der Waals surface area (Å²) in [6.07, 6.45) is -8.80. The number of carboxylic acid groups (broad SMARTS) is 1. The van der Waals surface area contributed by atoms with Crippen molar-refractivity contribution >= 4 is 47.6 Å². The van der Waals surface area contributed by atoms with Crippen LogP contribution in [0, 0.1) is 83.8 Å². The molecule has 2 saturated carbocycles. The number of benzene rings is 2. The number of aliphatic hydroxyl groups is 1. The quantitative estimate of drug-likeness (QED) is 0.0266. The highest BCUT2D eigenvalue weighted by atomic mass is 35.5. The topological polar surface area (TPSA) is 320 Å². The van der Waals surface area contributed by atoms with Gasteiger partial charge in [0.25, 0.3) is 0 Å². The van der Waals surface area contributed by atoms with Crippen molar-refractivity contribution in [1.29, 1.82) is 0 Å². The number of hydrogen-bond acceptors (Lipinski definition) is 21. The van der Waals surface area contributed by atoms with E-state index >= 15 is 0 Å². The third-order valence-corrected chi connectivity index (χ3v) is 17.1. The number of anilines is 1. The maximum absolute atomic E-state index is 13.7. The Balaban J connectivity index is 0.000000241. The Morgan fingerprint density at radius 2 is 0.928 bits per heavy atom. The number of carbonyl (C=O) groups excluding carboxylic acids is 4. The number of alkyl halides is 12. The Morgan fingerprint density at radius 1 is 0.550 bits per heavy atom. The number of amides is 1. The average molecular weight is 1600 g/mol. The molecule has 23 nitrogen and oxygen atoms in total. The number of carboxylic acids is 1. The van der Waals surface area contributed by atoms with Crippen LogP contribution in [0.5, 0.6) is 0 Å². The highest BCUT2D eigenvalue weighted by Gasteiger charge is 2.59. The van der Waals surface area contributed by atoms with E-state index in [4.69, 9.17) is 21.4 Å². The number of ether oxygens (including phenoxy) is 3. The van der Waals surface area contributed by atoms with Crippen molar-refractivity contribution in [2.24, 2.45) is 23.7 Å². The molecule has 3 N–H and O–H groups in total. The van der Waals surface area contributed by atoms with Crippen LogP contribution >= 0.6 is 11.6 Å². The number of aryl methyl sites for hydroxylation is 7. The molecule has 8 aromatic rings. The average Bonchev–Trinajstić information content (AvgIpc) is 1.57. The number of nitrogens with zero attached hydrogens (tertiary/aromatic N) is 12. The fourth-order valence-corrected chi connectivity index (χ4v) is 11.8. The van der Waals surface area contributed by atoms with E-state index < -0.39 is 105 Å². The summed E-state index contributed by atoms with van der Waals surface area (Å²) in [6, 6.07) is 13.5. The van der Waals surface area contributed by atoms with Crippen molar-refractivity contribution in [1.82, 2.24) is 59.8 Å². The molecule has 6 heterocycles. The van der Waals surface area contributed by atoms with Crippen LogP contribution in [0.3, 0.4) is 0 Å². The summed E-state index contributed by atoms with van der Waals surface area (Å²) in [4.78, 5) is 99.4. The van der Waals surface area contributed by atoms with E-state index in [1.165, 1.54) is 46.8 Å². The maximum atomic E-state index is 13.7. The van der Waals surface area contributed by atoms with Gasteiger partial charge >= 0.3 is 48.7 Å². The minimum atomic E-state index is -4.78. The number of aromatic carboxylic acids is 1. The summed E-state index contributed by atoms with van der Waals surface area (Å²) >= 11 is 5.23. The van der Waals surface area contributed by atoms with Crippen LogP contribution < -0.4 is 5.32 Å². The van der Waals surface area contributed by atoms with Gasteiger partial charge in [-0.1, -0.05) is 38.1 Å². The zero-order chi connectivity index (χ0) is 83.7. The molecular formula is C73H78ClF14N13O10. The van der Waals surface area contributed by atoms with E-state index in [9.17, 15) is 90.5 Å². The smallest absolute Gasteiger partial charge is 0.435 e. The van der Waals surface area contributed by atoms with Crippen molar-refractivity contribution in [3.8, 4) is 0 Å². The Hall–Kier alpha value is -10.5. The van der Waals surface area contributed by atoms with Crippen LogP contribution in [0.1, 0.15) is 178 Å². The minimum Gasteiger partial charge on any atom is -0.478 e. The van der Waals surface area contributed by atoms with Crippen LogP contribution in [0.25, 0.3) is 0 Å². The fourth-order valence-electron chi connectivity index (χ4n) is 11.7. The van der Waals surface area contributed by atoms with Gasteiger partial charge in [0.15, 0.2) is 22.8 Å². The van der Waals surface area contributed by atoms with Gasteiger partial charge in [-0.2, -0.15) is 52.7 Å². The van der Waals surface area contributed by atoms with Gasteiger partial charge in [-0.15, -0.1) is 0 Å². The molecule has 10 rings (SSSR count). The number of aliphatic hydroxyl groups excluding tert-OH is 1. The molecule has 0 spiro atoms. The van der Waals surface area contributed by atoms with Crippen molar-refractivity contribution in [3.05, 3.63) is 205 Å². The molecule has 1 amide bonds. The number of rotatable bonds is 16. The number of esters is 2. The summed E-state index contributed by atoms with van der Waals surface area (Å²) in [5, 5.41) is 19.5. The first kappa shape index (κ1) is 91.2. The second kappa shape index (κ2) is 38.0. The molecule has 0 bridgehead atoms. The molecule has 0 saturated heterocycles. The summed E-state index contributed by atoms with van der Waals surface area (Å²) in [7, 11) is 0. The normalized spacial score (nSPS) is 16.9. The van der Waals surface area contributed by atoms with Crippen LogP contribution in [0.2, 0.25) is 5.28 Å². The zero-order valence-electron chi connectivity index (χ0n) is 62.1. The van der Waals surface area contributed by atoms with E-state index in [0.717, 1.165) is 89.7 Å². The molecule has 600 valence electrons. The molecule has 2 aliphatic rings. The van der Waals surface area contributed by atoms with Crippen molar-refractivity contribution in [3.63, 3.8) is 0 Å². The monoisotopic (exact) mass is 1600 g/mol. The first-order chi connectivity index (χ1) is 51.5. The highest BCUT2D eigenvalue weighted by molar-refractivity contribution is 6.28. The predicted octanol–water partition coefficient (Wildman–Crippen LogP) is 15.9. The number of aldehydes is 1. The molecule has 6 atom stereocenters. The van der Waals surface area contributed by atoms with Gasteiger partial charge in [0, 0.05) is 65.7 Å². The standard InChI is InChI=1S/C19H23FN2O.C19H21FN2O.C11H14F3N3O2.C9H9F3N2O2.C8H6ClF3N2O2.C7H5F3N2O2/c2*1-12(7-15-10-21-14(3)22-13(15)2)19(9-17(19)11-23)16-5-4-6-18(20)8-16;1-6-15-5-7(8(16-6)11(12,13)14)17-9(18)19-10(2,3)4;1-3-16-8(15)6-4-13-5(2)14-7(6)9(10,11)12;1-2-16-6(15)4-3-13-7(9)14-5(4)8(10,11)12;1-3-11-2-4(6(13)14)5(12-3)7(8,9)10/h4-6,8,10,12,17,23H,7,9,11H2,1-3H3;4-6,8,10-12,17H,7,9H2,1-3H3;5H,1-4H3,(H,17,18);4H,3H2,1-2H3;3H,2H2,1H3;2H,1H3,(H,13,14)/t2*12?,17-,19+;;;;/m00..../s1. The summed E-state index contributed by atoms with van der Waals surface area (Å²) in [5.74, 6) is -2.39. The zero-order valence-corrected chi connectivity index (χ0v) is 62.9. The Kier molecular flexibility index (Phi) is 31.2. The lowest BCUT2D eigenvalue weighted by Crippen LogP contribution is -2.28. The number of carbonyl (C=O) groups is 5. The maximum Gasteiger partial charge on any atom is 0.435 e.